The fourth-order valence-corrected chi connectivity index (χ4v) is 5.01. The van der Waals surface area contributed by atoms with Gasteiger partial charge in [0, 0.05) is 0 Å². The van der Waals surface area contributed by atoms with Crippen molar-refractivity contribution in [2.75, 3.05) is 0 Å². The van der Waals surface area contributed by atoms with Crippen LogP contribution >= 0.6 is 0 Å². The Morgan fingerprint density at radius 1 is 1.05 bits per heavy atom. The summed E-state index contributed by atoms with van der Waals surface area (Å²) in [5, 5.41) is 0.466. The van der Waals surface area contributed by atoms with E-state index in [1.807, 2.05) is 6.92 Å². The minimum Gasteiger partial charge on any atom is -0.393 e. The minimum atomic E-state index is -0.427. The normalized spacial score (nSPS) is 40.0. The molecule has 3 atom stereocenters. The summed E-state index contributed by atoms with van der Waals surface area (Å²) in [5.41, 5.74) is -0.427. The molecule has 0 radical (unpaired) electrons. The summed E-state index contributed by atoms with van der Waals surface area (Å²) in [6.45, 7) is 1.99. The van der Waals surface area contributed by atoms with Gasteiger partial charge in [0.2, 0.25) is 0 Å². The van der Waals surface area contributed by atoms with Crippen molar-refractivity contribution in [1.29, 1.82) is 0 Å². The fourth-order valence-electron chi connectivity index (χ4n) is 5.01. The number of fused-ring (bicyclic) bond motifs is 2. The summed E-state index contributed by atoms with van der Waals surface area (Å²) in [7, 11) is 2.44. The quantitative estimate of drug-likeness (QED) is 0.423. The zero-order chi connectivity index (χ0) is 15.1. The summed E-state index contributed by atoms with van der Waals surface area (Å²) in [4.78, 5) is 24.1. The van der Waals surface area contributed by atoms with Gasteiger partial charge in [0.05, 0.1) is 11.3 Å². The fraction of sp³-hybridized carbons (Fsp3) is 0.882. The van der Waals surface area contributed by atoms with Gasteiger partial charge >= 0.3 is 11.9 Å². The van der Waals surface area contributed by atoms with Crippen LogP contribution in [0.1, 0.15) is 71.1 Å². The maximum atomic E-state index is 12.1. The molecule has 4 heteroatoms. The molecule has 1 heterocycles. The van der Waals surface area contributed by atoms with Crippen molar-refractivity contribution in [2.45, 2.75) is 76.4 Å². The lowest BCUT2D eigenvalue weighted by molar-refractivity contribution is -0.178. The first-order valence-corrected chi connectivity index (χ1v) is 8.69. The van der Waals surface area contributed by atoms with Gasteiger partial charge in [0.15, 0.2) is 0 Å². The predicted molar refractivity (Wildman–Crippen MR) is 83.6 cm³/mol. The molecule has 2 aliphatic carbocycles. The monoisotopic (exact) mass is 290 g/mol. The van der Waals surface area contributed by atoms with Gasteiger partial charge in [0.25, 0.3) is 0 Å². The van der Waals surface area contributed by atoms with E-state index in [2.05, 4.69) is 7.85 Å². The SMILES string of the molecule is BC1(C2CCCC3(C)CC(CC2)C(=O)OC3=O)CCCC1. The van der Waals surface area contributed by atoms with Crippen LogP contribution in [0.25, 0.3) is 0 Å². The highest BCUT2D eigenvalue weighted by Crippen LogP contribution is 2.53. The van der Waals surface area contributed by atoms with E-state index in [0.29, 0.717) is 17.7 Å². The van der Waals surface area contributed by atoms with Crippen molar-refractivity contribution >= 4 is 19.8 Å². The van der Waals surface area contributed by atoms with Crippen LogP contribution in [0.2, 0.25) is 5.31 Å². The Bertz CT molecular complexity index is 441. The number of hydrogen-bond acceptors (Lipinski definition) is 3. The predicted octanol–water partition coefficient (Wildman–Crippen LogP) is 3.03. The average Bonchev–Trinajstić information content (AvgIpc) is 2.89. The lowest BCUT2D eigenvalue weighted by atomic mass is 9.57. The van der Waals surface area contributed by atoms with Crippen LogP contribution in [-0.2, 0) is 14.3 Å². The van der Waals surface area contributed by atoms with Crippen molar-refractivity contribution in [1.82, 2.24) is 0 Å². The molecular formula is C17H27BO3. The Kier molecular flexibility index (Phi) is 3.92. The second-order valence-corrected chi connectivity index (χ2v) is 8.20. The first-order chi connectivity index (χ1) is 9.93. The van der Waals surface area contributed by atoms with E-state index in [0.717, 1.165) is 25.7 Å². The highest BCUT2D eigenvalue weighted by molar-refractivity contribution is 6.15. The summed E-state index contributed by atoms with van der Waals surface area (Å²) < 4.78 is 5.06. The largest absolute Gasteiger partial charge is 0.393 e. The van der Waals surface area contributed by atoms with Crippen molar-refractivity contribution in [3.63, 3.8) is 0 Å². The van der Waals surface area contributed by atoms with E-state index in [4.69, 9.17) is 4.74 Å². The summed E-state index contributed by atoms with van der Waals surface area (Å²) >= 11 is 0. The zero-order valence-corrected chi connectivity index (χ0v) is 13.5. The van der Waals surface area contributed by atoms with Gasteiger partial charge in [0.1, 0.15) is 7.85 Å². The lowest BCUT2D eigenvalue weighted by Gasteiger charge is -2.35. The van der Waals surface area contributed by atoms with Crippen LogP contribution in [0.4, 0.5) is 0 Å². The zero-order valence-electron chi connectivity index (χ0n) is 13.5. The molecule has 0 spiro atoms. The molecule has 2 saturated carbocycles. The van der Waals surface area contributed by atoms with Crippen molar-refractivity contribution < 1.29 is 14.3 Å². The van der Waals surface area contributed by atoms with Crippen LogP contribution in [0.15, 0.2) is 0 Å². The molecule has 0 N–H and O–H groups in total. The van der Waals surface area contributed by atoms with Gasteiger partial charge in [-0.3, -0.25) is 9.59 Å². The first kappa shape index (κ1) is 15.1. The van der Waals surface area contributed by atoms with Gasteiger partial charge in [-0.05, 0) is 38.5 Å². The Balaban J connectivity index is 1.77. The summed E-state index contributed by atoms with van der Waals surface area (Å²) in [6, 6.07) is 0. The van der Waals surface area contributed by atoms with E-state index in [9.17, 15) is 9.59 Å². The van der Waals surface area contributed by atoms with Crippen LogP contribution in [0, 0.1) is 17.3 Å². The topological polar surface area (TPSA) is 43.4 Å². The van der Waals surface area contributed by atoms with E-state index in [-0.39, 0.29) is 17.9 Å². The molecule has 3 aliphatic rings. The smallest absolute Gasteiger partial charge is 0.319 e. The van der Waals surface area contributed by atoms with Gasteiger partial charge < -0.3 is 4.74 Å². The van der Waals surface area contributed by atoms with E-state index < -0.39 is 5.41 Å². The molecule has 0 aromatic rings. The van der Waals surface area contributed by atoms with Gasteiger partial charge in [-0.25, -0.2) is 0 Å². The second-order valence-electron chi connectivity index (χ2n) is 8.20. The Hall–Kier alpha value is -0.795. The molecule has 1 saturated heterocycles. The molecule has 3 fully saturated rings. The van der Waals surface area contributed by atoms with Crippen LogP contribution in [0.3, 0.4) is 0 Å². The van der Waals surface area contributed by atoms with E-state index in [1.165, 1.54) is 32.1 Å². The van der Waals surface area contributed by atoms with Crippen molar-refractivity contribution in [3.8, 4) is 0 Å². The van der Waals surface area contributed by atoms with Gasteiger partial charge in [-0.1, -0.05) is 43.8 Å². The molecule has 0 aromatic carbocycles. The summed E-state index contributed by atoms with van der Waals surface area (Å²) in [6.07, 6.45) is 11.3. The van der Waals surface area contributed by atoms with Gasteiger partial charge in [-0.2, -0.15) is 0 Å². The maximum Gasteiger partial charge on any atom is 0.319 e. The number of cyclic esters (lactones) is 2. The molecule has 3 rings (SSSR count). The highest BCUT2D eigenvalue weighted by Gasteiger charge is 2.47. The average molecular weight is 290 g/mol. The molecule has 0 aromatic heterocycles. The third-order valence-corrected chi connectivity index (χ3v) is 6.59. The Morgan fingerprint density at radius 3 is 2.48 bits per heavy atom. The molecule has 2 bridgehead atoms. The molecule has 116 valence electrons. The molecule has 21 heavy (non-hydrogen) atoms. The minimum absolute atomic E-state index is 0.0571. The third kappa shape index (κ3) is 2.78. The number of hydrogen-bond donors (Lipinski definition) is 0. The van der Waals surface area contributed by atoms with Crippen LogP contribution in [-0.4, -0.2) is 19.8 Å². The van der Waals surface area contributed by atoms with Crippen molar-refractivity contribution in [3.05, 3.63) is 0 Å². The molecular weight excluding hydrogens is 263 g/mol. The molecule has 3 unspecified atom stereocenters. The standard InChI is InChI=1S/C17H27BO3/c1-16-8-4-5-13(17(18)9-2-3-10-17)7-6-12(11-16)14(19)21-15(16)20/h12-13H,2-11,18H2,1H3. The Morgan fingerprint density at radius 2 is 1.76 bits per heavy atom. The Labute approximate surface area is 128 Å². The van der Waals surface area contributed by atoms with Crippen molar-refractivity contribution in [2.24, 2.45) is 17.3 Å². The second kappa shape index (κ2) is 5.44. The summed E-state index contributed by atoms with van der Waals surface area (Å²) in [5.74, 6) is 0.105. The molecule has 3 nitrogen and oxygen atoms in total. The first-order valence-electron chi connectivity index (χ1n) is 8.69. The number of esters is 2. The van der Waals surface area contributed by atoms with Crippen LogP contribution < -0.4 is 0 Å². The van der Waals surface area contributed by atoms with E-state index >= 15 is 0 Å². The number of carbonyl (C=O) groups excluding carboxylic acids is 2. The number of ether oxygens (including phenoxy) is 1. The number of carbonyl (C=O) groups is 2. The molecule has 1 aliphatic heterocycles. The lowest BCUT2D eigenvalue weighted by Crippen LogP contribution is -2.42. The van der Waals surface area contributed by atoms with Crippen LogP contribution in [0.5, 0.6) is 0 Å². The number of rotatable bonds is 1. The highest BCUT2D eigenvalue weighted by atomic mass is 16.6. The third-order valence-electron chi connectivity index (χ3n) is 6.59. The van der Waals surface area contributed by atoms with Gasteiger partial charge in [-0.15, -0.1) is 0 Å². The maximum absolute atomic E-state index is 12.1. The van der Waals surface area contributed by atoms with E-state index in [1.54, 1.807) is 0 Å². The molecule has 0 amide bonds.